The molecule has 0 radical (unpaired) electrons. The minimum Gasteiger partial charge on any atom is -0.396 e. The van der Waals surface area contributed by atoms with Crippen LogP contribution in [0.4, 0.5) is 5.69 Å². The Balaban J connectivity index is 1.66. The van der Waals surface area contributed by atoms with Gasteiger partial charge in [-0.2, -0.15) is 0 Å². The topological polar surface area (TPSA) is 135 Å². The van der Waals surface area contributed by atoms with E-state index in [0.29, 0.717) is 38.4 Å². The van der Waals surface area contributed by atoms with E-state index in [9.17, 15) is 14.4 Å². The van der Waals surface area contributed by atoms with E-state index >= 15 is 0 Å². The molecule has 2 aromatic carbocycles. The van der Waals surface area contributed by atoms with Gasteiger partial charge in [-0.15, -0.1) is 0 Å². The summed E-state index contributed by atoms with van der Waals surface area (Å²) in [5, 5.41) is 9.71. The second kappa shape index (κ2) is 21.9. The van der Waals surface area contributed by atoms with E-state index in [1.807, 2.05) is 76.2 Å². The summed E-state index contributed by atoms with van der Waals surface area (Å²) in [5.74, 6) is 0.382. The molecule has 0 saturated heterocycles. The first-order valence-electron chi connectivity index (χ1n) is 20.2. The fourth-order valence-electron chi connectivity index (χ4n) is 6.56. The molecule has 0 bridgehead atoms. The molecule has 1 heterocycles. The molecular formula is C44H69N5O5. The number of anilines is 1. The largest absolute Gasteiger partial charge is 0.396 e. The van der Waals surface area contributed by atoms with E-state index in [0.717, 1.165) is 59.7 Å². The van der Waals surface area contributed by atoms with Crippen molar-refractivity contribution >= 4 is 34.8 Å². The summed E-state index contributed by atoms with van der Waals surface area (Å²) in [6.45, 7) is 18.7. The van der Waals surface area contributed by atoms with E-state index in [1.165, 1.54) is 19.3 Å². The van der Waals surface area contributed by atoms with E-state index in [2.05, 4.69) is 43.6 Å². The zero-order valence-electron chi connectivity index (χ0n) is 34.4. The maximum absolute atomic E-state index is 13.8. The van der Waals surface area contributed by atoms with Gasteiger partial charge in [-0.3, -0.25) is 14.4 Å². The molecule has 3 amide bonds. The number of carbonyl (C=O) groups excluding carboxylic acids is 3. The highest BCUT2D eigenvalue weighted by atomic mass is 16.5. The van der Waals surface area contributed by atoms with Gasteiger partial charge in [0, 0.05) is 49.2 Å². The Morgan fingerprint density at radius 2 is 1.54 bits per heavy atom. The Morgan fingerprint density at radius 3 is 2.24 bits per heavy atom. The molecule has 10 heteroatoms. The molecule has 54 heavy (non-hydrogen) atoms. The van der Waals surface area contributed by atoms with Crippen molar-refractivity contribution in [2.75, 3.05) is 31.2 Å². The monoisotopic (exact) mass is 748 g/mol. The standard InChI is InChI=1S/C44H69N5O5/c1-9-44(8,54-29-26-43(6,7)48-39(51)31-53-33(4)5)25-28-47-42-35-20-14-13-19-34(35)30-49(37-22-16-15-21-36(37)41(42)45)40(52)24-23-38(50)46-27-17-11-10-12-18-32(2)3/h13-16,19-22,32-33,47H,9-12,17-18,23-31,45H2,1-8H3,(H,46,50)(H,48,51)/b42-41-. The number of amides is 3. The Labute approximate surface area is 325 Å². The van der Waals surface area contributed by atoms with Crippen molar-refractivity contribution < 1.29 is 23.9 Å². The van der Waals surface area contributed by atoms with Gasteiger partial charge in [-0.25, -0.2) is 0 Å². The summed E-state index contributed by atoms with van der Waals surface area (Å²) in [6, 6.07) is 15.7. The Kier molecular flexibility index (Phi) is 18.0. The van der Waals surface area contributed by atoms with Crippen molar-refractivity contribution in [3.8, 4) is 0 Å². The fraction of sp³-hybridized carbons (Fsp3) is 0.614. The SMILES string of the molecule is CCC(C)(CCN/C1=C(\N)c2ccccc2N(C(=O)CCC(=O)NCCCCCCC(C)C)Cc2ccccc21)OCCC(C)(C)NC(=O)COC(C)C. The first kappa shape index (κ1) is 44.5. The lowest BCUT2D eigenvalue weighted by Gasteiger charge is -2.33. The van der Waals surface area contributed by atoms with Crippen LogP contribution in [0.25, 0.3) is 11.4 Å². The second-order valence-corrected chi connectivity index (χ2v) is 16.3. The van der Waals surface area contributed by atoms with E-state index in [-0.39, 0.29) is 43.3 Å². The number of para-hydroxylation sites is 1. The predicted octanol–water partition coefficient (Wildman–Crippen LogP) is 7.70. The van der Waals surface area contributed by atoms with Crippen LogP contribution in [0.2, 0.25) is 0 Å². The molecule has 300 valence electrons. The van der Waals surface area contributed by atoms with Gasteiger partial charge in [0.05, 0.1) is 35.3 Å². The van der Waals surface area contributed by atoms with E-state index < -0.39 is 11.1 Å². The number of nitrogens with zero attached hydrogens (tertiary/aromatic N) is 1. The third-order valence-electron chi connectivity index (χ3n) is 10.2. The maximum atomic E-state index is 13.8. The van der Waals surface area contributed by atoms with E-state index in [1.54, 1.807) is 4.90 Å². The van der Waals surface area contributed by atoms with Gasteiger partial charge in [0.15, 0.2) is 0 Å². The van der Waals surface area contributed by atoms with Crippen LogP contribution >= 0.6 is 0 Å². The van der Waals surface area contributed by atoms with E-state index in [4.69, 9.17) is 15.2 Å². The summed E-state index contributed by atoms with van der Waals surface area (Å²) in [7, 11) is 0. The van der Waals surface area contributed by atoms with Crippen molar-refractivity contribution in [3.05, 3.63) is 65.2 Å². The van der Waals surface area contributed by atoms with Crippen molar-refractivity contribution in [2.45, 2.75) is 143 Å². The molecule has 0 aliphatic carbocycles. The number of benzene rings is 2. The zero-order valence-corrected chi connectivity index (χ0v) is 34.4. The molecule has 3 rings (SSSR count). The number of rotatable bonds is 23. The van der Waals surface area contributed by atoms with Gasteiger partial charge in [0.2, 0.25) is 17.7 Å². The number of ether oxygens (including phenoxy) is 2. The van der Waals surface area contributed by atoms with Gasteiger partial charge in [-0.1, -0.05) is 88.9 Å². The van der Waals surface area contributed by atoms with Crippen LogP contribution in [0, 0.1) is 5.92 Å². The van der Waals surface area contributed by atoms with Crippen LogP contribution in [-0.2, 0) is 30.4 Å². The highest BCUT2D eigenvalue weighted by molar-refractivity contribution is 6.01. The minimum atomic E-state index is -0.437. The first-order valence-corrected chi connectivity index (χ1v) is 20.2. The molecule has 2 aromatic rings. The van der Waals surface area contributed by atoms with Crippen LogP contribution in [0.15, 0.2) is 48.5 Å². The summed E-state index contributed by atoms with van der Waals surface area (Å²) >= 11 is 0. The predicted molar refractivity (Wildman–Crippen MR) is 220 cm³/mol. The summed E-state index contributed by atoms with van der Waals surface area (Å²) in [6.07, 6.45) is 8.14. The molecule has 0 spiro atoms. The molecule has 0 fully saturated rings. The third kappa shape index (κ3) is 14.7. The number of unbranched alkanes of at least 4 members (excludes halogenated alkanes) is 3. The number of carbonyl (C=O) groups is 3. The number of nitrogens with two attached hydrogens (primary N) is 1. The zero-order chi connectivity index (χ0) is 39.7. The van der Waals surface area contributed by atoms with Crippen molar-refractivity contribution in [1.29, 1.82) is 0 Å². The summed E-state index contributed by atoms with van der Waals surface area (Å²) in [5.41, 5.74) is 10.9. The smallest absolute Gasteiger partial charge is 0.246 e. The number of hydrogen-bond donors (Lipinski definition) is 4. The first-order chi connectivity index (χ1) is 25.6. The van der Waals surface area contributed by atoms with Crippen LogP contribution in [0.5, 0.6) is 0 Å². The second-order valence-electron chi connectivity index (χ2n) is 16.3. The molecule has 1 unspecified atom stereocenters. The number of hydrogen-bond acceptors (Lipinski definition) is 7. The Hall–Kier alpha value is -3.89. The fourth-order valence-corrected chi connectivity index (χ4v) is 6.56. The molecule has 0 aromatic heterocycles. The van der Waals surface area contributed by atoms with Gasteiger partial charge < -0.3 is 36.1 Å². The highest BCUT2D eigenvalue weighted by Gasteiger charge is 2.29. The summed E-state index contributed by atoms with van der Waals surface area (Å²) in [4.78, 5) is 40.7. The molecule has 0 saturated carbocycles. The van der Waals surface area contributed by atoms with Gasteiger partial charge in [-0.05, 0) is 77.8 Å². The quantitative estimate of drug-likeness (QED) is 0.0857. The number of nitrogens with one attached hydrogen (secondary N) is 3. The molecule has 1 aliphatic rings. The third-order valence-corrected chi connectivity index (χ3v) is 10.2. The van der Waals surface area contributed by atoms with Gasteiger partial charge in [0.1, 0.15) is 6.61 Å². The van der Waals surface area contributed by atoms with Crippen LogP contribution in [-0.4, -0.2) is 61.3 Å². The molecule has 10 nitrogen and oxygen atoms in total. The van der Waals surface area contributed by atoms with Crippen LogP contribution < -0.4 is 26.6 Å². The van der Waals surface area contributed by atoms with Crippen LogP contribution in [0.3, 0.4) is 0 Å². The lowest BCUT2D eigenvalue weighted by Crippen LogP contribution is -2.46. The molecule has 1 atom stereocenters. The molecule has 1 aliphatic heterocycles. The minimum absolute atomic E-state index is 0.00346. The average molecular weight is 748 g/mol. The van der Waals surface area contributed by atoms with Crippen molar-refractivity contribution in [3.63, 3.8) is 0 Å². The number of fused-ring (bicyclic) bond motifs is 2. The lowest BCUT2D eigenvalue weighted by atomic mass is 9.94. The normalized spacial score (nSPS) is 15.6. The van der Waals surface area contributed by atoms with Crippen molar-refractivity contribution in [2.24, 2.45) is 11.7 Å². The lowest BCUT2D eigenvalue weighted by molar-refractivity contribution is -0.129. The van der Waals surface area contributed by atoms with Gasteiger partial charge >= 0.3 is 0 Å². The highest BCUT2D eigenvalue weighted by Crippen LogP contribution is 2.35. The summed E-state index contributed by atoms with van der Waals surface area (Å²) < 4.78 is 11.9. The average Bonchev–Trinajstić information content (AvgIpc) is 3.12. The Bertz CT molecular complexity index is 1540. The Morgan fingerprint density at radius 1 is 0.852 bits per heavy atom. The molecule has 5 N–H and O–H groups in total. The van der Waals surface area contributed by atoms with Crippen LogP contribution in [0.1, 0.15) is 136 Å². The molecular weight excluding hydrogens is 679 g/mol. The van der Waals surface area contributed by atoms with Crippen molar-refractivity contribution in [1.82, 2.24) is 16.0 Å². The maximum Gasteiger partial charge on any atom is 0.246 e. The van der Waals surface area contributed by atoms with Gasteiger partial charge in [0.25, 0.3) is 0 Å².